The molecule has 0 unspecified atom stereocenters. The van der Waals surface area contributed by atoms with Crippen LogP contribution in [0.15, 0.2) is 48.5 Å². The normalized spacial score (nSPS) is 9.17. The largest absolute Gasteiger partial charge is 0.508 e. The molecule has 0 aliphatic carbocycles. The van der Waals surface area contributed by atoms with Gasteiger partial charge in [-0.25, -0.2) is 4.79 Å². The Hall–Kier alpha value is -2.20. The van der Waals surface area contributed by atoms with Crippen molar-refractivity contribution in [2.24, 2.45) is 0 Å². The zero-order chi connectivity index (χ0) is 13.5. The van der Waals surface area contributed by atoms with Crippen molar-refractivity contribution in [2.75, 3.05) is 0 Å². The van der Waals surface area contributed by atoms with Crippen LogP contribution in [0.3, 0.4) is 0 Å². The molecule has 0 bridgehead atoms. The number of halogens is 1. The summed E-state index contributed by atoms with van der Waals surface area (Å²) in [6.45, 7) is 0. The summed E-state index contributed by atoms with van der Waals surface area (Å²) in [5.41, 5.74) is 0.254. The smallest absolute Gasteiger partial charge is 0.335 e. The highest BCUT2D eigenvalue weighted by molar-refractivity contribution is 6.30. The van der Waals surface area contributed by atoms with Crippen molar-refractivity contribution in [1.29, 1.82) is 0 Å². The molecule has 2 aromatic rings. The van der Waals surface area contributed by atoms with E-state index in [1.807, 2.05) is 0 Å². The Bertz CT molecular complexity index is 485. The number of aromatic hydroxyl groups is 2. The number of benzene rings is 2. The molecule has 0 saturated carbocycles. The highest BCUT2D eigenvalue weighted by Gasteiger charge is 1.99. The molecule has 0 heterocycles. The molecule has 0 radical (unpaired) electrons. The summed E-state index contributed by atoms with van der Waals surface area (Å²) in [7, 11) is 0. The average molecular weight is 267 g/mol. The predicted octanol–water partition coefficient (Wildman–Crippen LogP) is 3.14. The molecule has 2 rings (SSSR count). The summed E-state index contributed by atoms with van der Waals surface area (Å²) in [5, 5.41) is 26.3. The van der Waals surface area contributed by atoms with E-state index < -0.39 is 5.97 Å². The van der Waals surface area contributed by atoms with E-state index in [1.54, 1.807) is 12.1 Å². The molecule has 18 heavy (non-hydrogen) atoms. The van der Waals surface area contributed by atoms with Gasteiger partial charge in [-0.1, -0.05) is 11.6 Å². The van der Waals surface area contributed by atoms with Gasteiger partial charge in [0.15, 0.2) is 0 Å². The zero-order valence-corrected chi connectivity index (χ0v) is 10.0. The molecule has 2 aromatic carbocycles. The van der Waals surface area contributed by atoms with Crippen LogP contribution in [0.25, 0.3) is 0 Å². The molecule has 5 heteroatoms. The molecule has 0 aliphatic heterocycles. The van der Waals surface area contributed by atoms with Gasteiger partial charge < -0.3 is 15.3 Å². The van der Waals surface area contributed by atoms with Gasteiger partial charge in [-0.15, -0.1) is 0 Å². The van der Waals surface area contributed by atoms with Gasteiger partial charge in [0.1, 0.15) is 11.5 Å². The molecule has 94 valence electrons. The van der Waals surface area contributed by atoms with E-state index in [1.165, 1.54) is 36.4 Å². The van der Waals surface area contributed by atoms with Gasteiger partial charge in [-0.2, -0.15) is 0 Å². The van der Waals surface area contributed by atoms with Crippen LogP contribution in [0.1, 0.15) is 10.4 Å². The molecule has 4 nitrogen and oxygen atoms in total. The van der Waals surface area contributed by atoms with Crippen molar-refractivity contribution in [3.05, 3.63) is 59.1 Å². The minimum atomic E-state index is -0.934. The second-order valence-corrected chi connectivity index (χ2v) is 3.76. The zero-order valence-electron chi connectivity index (χ0n) is 9.25. The Morgan fingerprint density at radius 1 is 0.833 bits per heavy atom. The van der Waals surface area contributed by atoms with Gasteiger partial charge in [0.2, 0.25) is 0 Å². The summed E-state index contributed by atoms with van der Waals surface area (Å²) in [6.07, 6.45) is 0. The fourth-order valence-corrected chi connectivity index (χ4v) is 1.17. The number of aromatic carboxylic acids is 1. The Labute approximate surface area is 109 Å². The maximum absolute atomic E-state index is 10.3. The van der Waals surface area contributed by atoms with E-state index in [9.17, 15) is 4.79 Å². The minimum absolute atomic E-state index is 0.169. The number of phenolic OH excluding ortho intramolecular Hbond substituents is 2. The third kappa shape index (κ3) is 4.76. The number of hydrogen-bond donors (Lipinski definition) is 3. The maximum Gasteiger partial charge on any atom is 0.335 e. The van der Waals surface area contributed by atoms with Gasteiger partial charge in [-0.05, 0) is 48.5 Å². The monoisotopic (exact) mass is 266 g/mol. The highest BCUT2D eigenvalue weighted by Crippen LogP contribution is 2.13. The third-order valence-corrected chi connectivity index (χ3v) is 2.19. The van der Waals surface area contributed by atoms with Crippen molar-refractivity contribution >= 4 is 17.6 Å². The topological polar surface area (TPSA) is 77.8 Å². The van der Waals surface area contributed by atoms with Crippen LogP contribution >= 0.6 is 11.6 Å². The van der Waals surface area contributed by atoms with Crippen molar-refractivity contribution in [1.82, 2.24) is 0 Å². The van der Waals surface area contributed by atoms with E-state index in [2.05, 4.69) is 0 Å². The molecular weight excluding hydrogens is 256 g/mol. The van der Waals surface area contributed by atoms with Gasteiger partial charge in [0.25, 0.3) is 0 Å². The summed E-state index contributed by atoms with van der Waals surface area (Å²) >= 11 is 5.52. The molecule has 0 spiro atoms. The SMILES string of the molecule is O=C(O)c1ccc(Cl)cc1.Oc1ccc(O)cc1. The van der Waals surface area contributed by atoms with Crippen LogP contribution in [0.2, 0.25) is 5.02 Å². The van der Waals surface area contributed by atoms with Gasteiger partial charge in [0.05, 0.1) is 5.56 Å². The lowest BCUT2D eigenvalue weighted by Gasteiger charge is -1.91. The number of phenols is 2. The van der Waals surface area contributed by atoms with Crippen LogP contribution in [0, 0.1) is 0 Å². The summed E-state index contributed by atoms with van der Waals surface area (Å²) < 4.78 is 0. The summed E-state index contributed by atoms with van der Waals surface area (Å²) in [5.74, 6) is -0.595. The molecule has 0 atom stereocenters. The van der Waals surface area contributed by atoms with Gasteiger partial charge >= 0.3 is 5.97 Å². The lowest BCUT2D eigenvalue weighted by molar-refractivity contribution is 0.0697. The standard InChI is InChI=1S/C7H5ClO2.C6H6O2/c8-6-3-1-5(2-4-6)7(9)10;7-5-1-2-6(8)4-3-5/h1-4H,(H,9,10);1-4,7-8H. The van der Waals surface area contributed by atoms with Crippen molar-refractivity contribution < 1.29 is 20.1 Å². The highest BCUT2D eigenvalue weighted by atomic mass is 35.5. The van der Waals surface area contributed by atoms with Gasteiger partial charge in [-0.3, -0.25) is 0 Å². The summed E-state index contributed by atoms with van der Waals surface area (Å²) in [6, 6.07) is 11.7. The number of hydrogen-bond acceptors (Lipinski definition) is 3. The fourth-order valence-electron chi connectivity index (χ4n) is 1.05. The Kier molecular flexibility index (Phi) is 5.02. The van der Waals surface area contributed by atoms with Gasteiger partial charge in [0, 0.05) is 5.02 Å². The van der Waals surface area contributed by atoms with E-state index in [-0.39, 0.29) is 17.1 Å². The molecule has 0 fully saturated rings. The molecule has 0 saturated heterocycles. The number of rotatable bonds is 1. The molecule has 0 amide bonds. The van der Waals surface area contributed by atoms with Crippen molar-refractivity contribution in [2.45, 2.75) is 0 Å². The minimum Gasteiger partial charge on any atom is -0.508 e. The lowest BCUT2D eigenvalue weighted by atomic mass is 10.2. The molecule has 0 aliphatic rings. The third-order valence-electron chi connectivity index (χ3n) is 1.94. The number of carbonyl (C=O) groups is 1. The first kappa shape index (κ1) is 13.9. The Morgan fingerprint density at radius 2 is 1.22 bits per heavy atom. The molecule has 3 N–H and O–H groups in total. The van der Waals surface area contributed by atoms with E-state index in [4.69, 9.17) is 26.9 Å². The van der Waals surface area contributed by atoms with Crippen LogP contribution in [0.5, 0.6) is 11.5 Å². The van der Waals surface area contributed by atoms with Crippen LogP contribution in [-0.4, -0.2) is 21.3 Å². The van der Waals surface area contributed by atoms with Crippen LogP contribution in [0.4, 0.5) is 0 Å². The van der Waals surface area contributed by atoms with E-state index >= 15 is 0 Å². The number of carboxylic acid groups (broad SMARTS) is 1. The Morgan fingerprint density at radius 3 is 1.56 bits per heavy atom. The van der Waals surface area contributed by atoms with Crippen molar-refractivity contribution in [3.63, 3.8) is 0 Å². The van der Waals surface area contributed by atoms with Crippen LogP contribution < -0.4 is 0 Å². The van der Waals surface area contributed by atoms with E-state index in [0.29, 0.717) is 5.02 Å². The number of carboxylic acids is 1. The van der Waals surface area contributed by atoms with Crippen molar-refractivity contribution in [3.8, 4) is 11.5 Å². The van der Waals surface area contributed by atoms with Crippen LogP contribution in [-0.2, 0) is 0 Å². The lowest BCUT2D eigenvalue weighted by Crippen LogP contribution is -1.94. The second kappa shape index (κ2) is 6.51. The Balaban J connectivity index is 0.000000184. The first-order valence-electron chi connectivity index (χ1n) is 4.96. The molecule has 0 aromatic heterocycles. The predicted molar refractivity (Wildman–Crippen MR) is 68.2 cm³/mol. The first-order chi connectivity index (χ1) is 8.49. The second-order valence-electron chi connectivity index (χ2n) is 3.33. The average Bonchev–Trinajstić information content (AvgIpc) is 2.34. The summed E-state index contributed by atoms with van der Waals surface area (Å²) in [4.78, 5) is 10.3. The maximum atomic E-state index is 10.3. The fraction of sp³-hybridized carbons (Fsp3) is 0. The van der Waals surface area contributed by atoms with E-state index in [0.717, 1.165) is 0 Å². The quantitative estimate of drug-likeness (QED) is 0.693. The molecular formula is C13H11ClO4. The first-order valence-corrected chi connectivity index (χ1v) is 5.33.